The molecule has 5 nitrogen and oxygen atoms in total. The highest BCUT2D eigenvalue weighted by molar-refractivity contribution is 6.74. The third-order valence-corrected chi connectivity index (χ3v) is 18.9. The second-order valence-corrected chi connectivity index (χ2v) is 25.4. The fraction of sp³-hybridized carbons (Fsp3) is 0.730. The van der Waals surface area contributed by atoms with Crippen LogP contribution in [0, 0.1) is 5.92 Å². The van der Waals surface area contributed by atoms with Gasteiger partial charge in [0.05, 0.1) is 25.9 Å². The SMILES string of the molecule is COc1ccc(COCCCCC[C@@H](C)/C=C(\C)[C@@H]2O[C@@H](CCO[Si](C)(C)C(C)(C)C)C=C[C@@H]2O[Si](C)(C)C(C)(C)C)cc1. The summed E-state index contributed by atoms with van der Waals surface area (Å²) in [6.45, 7) is 29.8. The lowest BCUT2D eigenvalue weighted by Crippen LogP contribution is -2.49. The molecular weight excluding hydrogens is 581 g/mol. The van der Waals surface area contributed by atoms with Crippen LogP contribution in [0.3, 0.4) is 0 Å². The van der Waals surface area contributed by atoms with Gasteiger partial charge in [0.15, 0.2) is 16.6 Å². The van der Waals surface area contributed by atoms with Crippen LogP contribution < -0.4 is 4.74 Å². The van der Waals surface area contributed by atoms with Crippen LogP contribution in [-0.2, 0) is 24.9 Å². The minimum Gasteiger partial charge on any atom is -0.497 e. The highest BCUT2D eigenvalue weighted by Gasteiger charge is 2.42. The molecule has 4 atom stereocenters. The van der Waals surface area contributed by atoms with Gasteiger partial charge < -0.3 is 23.1 Å². The van der Waals surface area contributed by atoms with E-state index in [4.69, 9.17) is 23.1 Å². The molecule has 0 unspecified atom stereocenters. The van der Waals surface area contributed by atoms with E-state index < -0.39 is 16.6 Å². The molecule has 7 heteroatoms. The molecule has 0 spiro atoms. The first-order chi connectivity index (χ1) is 20.4. The summed E-state index contributed by atoms with van der Waals surface area (Å²) in [5.74, 6) is 1.36. The molecule has 1 aromatic rings. The van der Waals surface area contributed by atoms with E-state index >= 15 is 0 Å². The van der Waals surface area contributed by atoms with Crippen LogP contribution in [0.1, 0.15) is 93.1 Å². The topological polar surface area (TPSA) is 46.2 Å². The zero-order valence-corrected chi connectivity index (χ0v) is 32.5. The Morgan fingerprint density at radius 1 is 0.886 bits per heavy atom. The lowest BCUT2D eigenvalue weighted by molar-refractivity contribution is -0.0381. The van der Waals surface area contributed by atoms with Gasteiger partial charge in [0.1, 0.15) is 11.9 Å². The number of hydrogen-bond acceptors (Lipinski definition) is 5. The molecule has 0 fully saturated rings. The molecule has 0 saturated carbocycles. The van der Waals surface area contributed by atoms with Crippen LogP contribution in [0.4, 0.5) is 0 Å². The van der Waals surface area contributed by atoms with Crippen molar-refractivity contribution >= 4 is 16.6 Å². The van der Waals surface area contributed by atoms with Crippen molar-refractivity contribution in [3.8, 4) is 5.75 Å². The molecule has 1 aliphatic heterocycles. The van der Waals surface area contributed by atoms with E-state index in [1.807, 2.05) is 12.1 Å². The van der Waals surface area contributed by atoms with Gasteiger partial charge in [-0.25, -0.2) is 0 Å². The van der Waals surface area contributed by atoms with E-state index in [0.29, 0.717) is 12.5 Å². The minimum atomic E-state index is -1.97. The van der Waals surface area contributed by atoms with Crippen LogP contribution in [0.5, 0.6) is 5.75 Å². The maximum Gasteiger partial charge on any atom is 0.193 e. The van der Waals surface area contributed by atoms with Gasteiger partial charge in [-0.2, -0.15) is 0 Å². The first-order valence-corrected chi connectivity index (χ1v) is 22.7. The number of rotatable bonds is 17. The van der Waals surface area contributed by atoms with Crippen LogP contribution in [0.2, 0.25) is 36.3 Å². The van der Waals surface area contributed by atoms with Crippen LogP contribution in [-0.4, -0.2) is 55.3 Å². The van der Waals surface area contributed by atoms with Gasteiger partial charge in [-0.15, -0.1) is 0 Å². The van der Waals surface area contributed by atoms with E-state index in [1.54, 1.807) is 7.11 Å². The van der Waals surface area contributed by atoms with Crippen LogP contribution >= 0.6 is 0 Å². The van der Waals surface area contributed by atoms with Gasteiger partial charge in [0.25, 0.3) is 0 Å². The summed E-state index contributed by atoms with van der Waals surface area (Å²) in [4.78, 5) is 0. The third kappa shape index (κ3) is 12.5. The minimum absolute atomic E-state index is 0.0422. The molecule has 0 saturated heterocycles. The molecular formula is C37H66O5Si2. The van der Waals surface area contributed by atoms with Gasteiger partial charge >= 0.3 is 0 Å². The Labute approximate surface area is 273 Å². The van der Waals surface area contributed by atoms with E-state index in [-0.39, 0.29) is 28.4 Å². The predicted molar refractivity (Wildman–Crippen MR) is 192 cm³/mol. The molecule has 0 bridgehead atoms. The van der Waals surface area contributed by atoms with Crippen LogP contribution in [0.15, 0.2) is 48.1 Å². The summed E-state index contributed by atoms with van der Waals surface area (Å²) in [6.07, 6.45) is 12.3. The Hall–Kier alpha value is -1.23. The molecule has 0 N–H and O–H groups in total. The van der Waals surface area contributed by atoms with Gasteiger partial charge in [-0.3, -0.25) is 0 Å². The summed E-state index contributed by atoms with van der Waals surface area (Å²) in [5, 5.41) is 0.350. The molecule has 0 amide bonds. The zero-order valence-electron chi connectivity index (χ0n) is 30.5. The number of allylic oxidation sites excluding steroid dienone is 1. The molecule has 0 radical (unpaired) electrons. The molecule has 0 aliphatic carbocycles. The number of unbranched alkanes of at least 4 members (excludes halogenated alkanes) is 2. The predicted octanol–water partition coefficient (Wildman–Crippen LogP) is 10.5. The molecule has 1 aromatic carbocycles. The maximum absolute atomic E-state index is 6.93. The van der Waals surface area contributed by atoms with Crippen molar-refractivity contribution in [1.82, 2.24) is 0 Å². The molecule has 2 rings (SSSR count). The summed E-state index contributed by atoms with van der Waals surface area (Å²) in [7, 11) is -2.06. The van der Waals surface area contributed by atoms with Crippen molar-refractivity contribution in [2.24, 2.45) is 5.92 Å². The quantitative estimate of drug-likeness (QED) is 0.0957. The molecule has 0 aromatic heterocycles. The lowest BCUT2D eigenvalue weighted by Gasteiger charge is -2.43. The highest BCUT2D eigenvalue weighted by Crippen LogP contribution is 2.40. The first-order valence-electron chi connectivity index (χ1n) is 16.9. The lowest BCUT2D eigenvalue weighted by atomic mass is 9.95. The first kappa shape index (κ1) is 39.0. The third-order valence-electron chi connectivity index (χ3n) is 9.92. The second-order valence-electron chi connectivity index (χ2n) is 15.9. The van der Waals surface area contributed by atoms with Gasteiger partial charge in [0, 0.05) is 13.2 Å². The summed E-state index contributed by atoms with van der Waals surface area (Å²) in [6, 6.07) is 8.09. The summed E-state index contributed by atoms with van der Waals surface area (Å²) >= 11 is 0. The maximum atomic E-state index is 6.93. The van der Waals surface area contributed by atoms with Crippen molar-refractivity contribution < 1.29 is 23.1 Å². The average Bonchev–Trinajstić information content (AvgIpc) is 2.92. The molecule has 252 valence electrons. The average molecular weight is 647 g/mol. The Morgan fingerprint density at radius 2 is 1.52 bits per heavy atom. The number of hydrogen-bond donors (Lipinski definition) is 0. The van der Waals surface area contributed by atoms with E-state index in [9.17, 15) is 0 Å². The fourth-order valence-corrected chi connectivity index (χ4v) is 7.12. The van der Waals surface area contributed by atoms with Gasteiger partial charge in [0.2, 0.25) is 0 Å². The number of methoxy groups -OCH3 is 1. The monoisotopic (exact) mass is 646 g/mol. The van der Waals surface area contributed by atoms with Crippen LogP contribution in [0.25, 0.3) is 0 Å². The number of ether oxygens (including phenoxy) is 3. The second kappa shape index (κ2) is 17.1. The Kier molecular flexibility index (Phi) is 15.1. The molecule has 1 aliphatic rings. The summed E-state index contributed by atoms with van der Waals surface area (Å²) < 4.78 is 31.3. The van der Waals surface area contributed by atoms with E-state index in [2.05, 4.69) is 112 Å². The molecule has 44 heavy (non-hydrogen) atoms. The highest BCUT2D eigenvalue weighted by atomic mass is 28.4. The van der Waals surface area contributed by atoms with Crippen molar-refractivity contribution in [3.05, 3.63) is 53.6 Å². The smallest absolute Gasteiger partial charge is 0.193 e. The van der Waals surface area contributed by atoms with Gasteiger partial charge in [-0.05, 0) is 91.6 Å². The molecule has 1 heterocycles. The normalized spacial score (nSPS) is 21.0. The van der Waals surface area contributed by atoms with Gasteiger partial charge in [-0.1, -0.05) is 91.7 Å². The van der Waals surface area contributed by atoms with Crippen molar-refractivity contribution in [1.29, 1.82) is 0 Å². The van der Waals surface area contributed by atoms with Crippen molar-refractivity contribution in [3.63, 3.8) is 0 Å². The fourth-order valence-electron chi connectivity index (χ4n) is 4.83. The van der Waals surface area contributed by atoms with Crippen molar-refractivity contribution in [2.75, 3.05) is 20.3 Å². The Bertz CT molecular complexity index is 1030. The summed E-state index contributed by atoms with van der Waals surface area (Å²) in [5.41, 5.74) is 2.46. The Morgan fingerprint density at radius 3 is 2.11 bits per heavy atom. The van der Waals surface area contributed by atoms with E-state index in [1.165, 1.54) is 24.0 Å². The zero-order chi connectivity index (χ0) is 33.2. The van der Waals surface area contributed by atoms with E-state index in [0.717, 1.165) is 38.2 Å². The van der Waals surface area contributed by atoms with Crippen molar-refractivity contribution in [2.45, 2.75) is 149 Å². The largest absolute Gasteiger partial charge is 0.497 e. The Balaban J connectivity index is 1.92. The standard InChI is InChI=1S/C37H66O5Si2/c1-29(17-15-14-16-25-39-28-31-18-20-32(38-9)21-19-31)27-30(2)35-34(42-44(12,13)37(6,7)8)23-22-33(41-35)24-26-40-43(10,11)36(3,4)5/h18-23,27,29,33-35H,14-17,24-26,28H2,1-13H3/b30-27+/t29-,33-,34+,35+/m1/s1. The number of benzene rings is 1.